The summed E-state index contributed by atoms with van der Waals surface area (Å²) in [7, 11) is 4.58. The highest BCUT2D eigenvalue weighted by Gasteiger charge is 2.61. The number of alkyl halides is 5. The fourth-order valence-corrected chi connectivity index (χ4v) is 4.16. The average molecular weight is 603 g/mol. The van der Waals surface area contributed by atoms with E-state index in [1.165, 1.54) is 37.4 Å². The van der Waals surface area contributed by atoms with Crippen molar-refractivity contribution in [3.8, 4) is 22.8 Å². The van der Waals surface area contributed by atoms with Crippen LogP contribution in [0.5, 0.6) is 5.75 Å². The summed E-state index contributed by atoms with van der Waals surface area (Å²) in [5.41, 5.74) is 1.34. The van der Waals surface area contributed by atoms with Gasteiger partial charge in [-0.15, -0.1) is 5.10 Å². The van der Waals surface area contributed by atoms with Crippen LogP contribution in [0.3, 0.4) is 0 Å². The molecule has 0 spiro atoms. The summed E-state index contributed by atoms with van der Waals surface area (Å²) >= 11 is 0. The predicted molar refractivity (Wildman–Crippen MR) is 136 cm³/mol. The Balaban J connectivity index is 1.32. The van der Waals surface area contributed by atoms with Gasteiger partial charge in [0.2, 0.25) is 0 Å². The minimum atomic E-state index is -5.85. The van der Waals surface area contributed by atoms with Crippen LogP contribution < -0.4 is 10.1 Å². The van der Waals surface area contributed by atoms with Crippen molar-refractivity contribution in [3.63, 3.8) is 0 Å². The summed E-state index contributed by atoms with van der Waals surface area (Å²) < 4.78 is 95.7. The molecule has 1 N–H and O–H groups in total. The van der Waals surface area contributed by atoms with Crippen LogP contribution in [0.15, 0.2) is 54.9 Å². The maximum Gasteiger partial charge on any atom is 0.499 e. The Morgan fingerprint density at radius 2 is 1.64 bits per heavy atom. The molecule has 1 unspecified atom stereocenters. The van der Waals surface area contributed by atoms with E-state index in [0.717, 1.165) is 12.1 Å². The number of aromatic nitrogens is 3. The summed E-state index contributed by atoms with van der Waals surface area (Å²) in [5.74, 6) is -0.387. The van der Waals surface area contributed by atoms with Gasteiger partial charge < -0.3 is 28.4 Å². The zero-order valence-electron chi connectivity index (χ0n) is 22.5. The number of hydrogen-bond donors (Lipinski definition) is 1. The van der Waals surface area contributed by atoms with E-state index in [1.807, 2.05) is 0 Å². The van der Waals surface area contributed by atoms with E-state index in [-0.39, 0.29) is 25.1 Å². The maximum atomic E-state index is 13.1. The summed E-state index contributed by atoms with van der Waals surface area (Å²) in [5, 5.41) is 6.89. The molecule has 0 radical (unpaired) electrons. The Kier molecular flexibility index (Phi) is 9.60. The number of methoxy groups -OCH3 is 3. The van der Waals surface area contributed by atoms with Crippen molar-refractivity contribution in [1.29, 1.82) is 0 Å². The molecule has 0 bridgehead atoms. The predicted octanol–water partition coefficient (Wildman–Crippen LogP) is 4.46. The van der Waals surface area contributed by atoms with Crippen LogP contribution in [0.25, 0.3) is 17.1 Å². The van der Waals surface area contributed by atoms with E-state index >= 15 is 0 Å². The maximum absolute atomic E-state index is 13.1. The fourth-order valence-electron chi connectivity index (χ4n) is 4.16. The molecule has 16 heteroatoms. The standard InChI is InChI=1S/C26H27F5N4O7/c1-37-19-12-40-20(22(39-3)21(19)38-2)13-41-24(36)33-16-6-4-15(5-7-16)23-32-14-35(34-23)17-8-10-18(11-9-17)42-26(30,31)25(27,28)29/h4-11,14,19-22H,12-13H2,1-3H3,(H,33,36)/t19-,20?,21+,22+/m0/s1. The molecule has 2 heterocycles. The minimum absolute atomic E-state index is 0.0854. The van der Waals surface area contributed by atoms with Crippen LogP contribution in [0.1, 0.15) is 0 Å². The van der Waals surface area contributed by atoms with Gasteiger partial charge in [0.1, 0.15) is 43.1 Å². The number of anilines is 1. The lowest BCUT2D eigenvalue weighted by Crippen LogP contribution is -2.56. The van der Waals surface area contributed by atoms with Crippen molar-refractivity contribution in [2.45, 2.75) is 36.7 Å². The zero-order valence-corrected chi connectivity index (χ0v) is 22.5. The molecule has 1 fully saturated rings. The minimum Gasteiger partial charge on any atom is -0.446 e. The van der Waals surface area contributed by atoms with Crippen LogP contribution in [0, 0.1) is 0 Å². The summed E-state index contributed by atoms with van der Waals surface area (Å²) in [4.78, 5) is 16.5. The molecule has 2 aromatic carbocycles. The largest absolute Gasteiger partial charge is 0.499 e. The second-order valence-electron chi connectivity index (χ2n) is 8.97. The van der Waals surface area contributed by atoms with E-state index in [1.54, 1.807) is 31.4 Å². The van der Waals surface area contributed by atoms with Crippen molar-refractivity contribution in [3.05, 3.63) is 54.9 Å². The molecule has 1 aromatic heterocycles. The van der Waals surface area contributed by atoms with Gasteiger partial charge in [-0.1, -0.05) is 0 Å². The monoisotopic (exact) mass is 602 g/mol. The van der Waals surface area contributed by atoms with E-state index in [0.29, 0.717) is 16.9 Å². The first-order valence-corrected chi connectivity index (χ1v) is 12.4. The lowest BCUT2D eigenvalue weighted by atomic mass is 10.00. The van der Waals surface area contributed by atoms with E-state index in [4.69, 9.17) is 23.7 Å². The molecule has 4 rings (SSSR count). The lowest BCUT2D eigenvalue weighted by Gasteiger charge is -2.40. The van der Waals surface area contributed by atoms with Crippen LogP contribution in [0.2, 0.25) is 0 Å². The number of nitrogens with one attached hydrogen (secondary N) is 1. The van der Waals surface area contributed by atoms with E-state index in [9.17, 15) is 26.7 Å². The second-order valence-corrected chi connectivity index (χ2v) is 8.97. The molecule has 3 aromatic rings. The van der Waals surface area contributed by atoms with Crippen LogP contribution in [-0.2, 0) is 23.7 Å². The van der Waals surface area contributed by atoms with Gasteiger partial charge in [-0.2, -0.15) is 22.0 Å². The van der Waals surface area contributed by atoms with Crippen molar-refractivity contribution >= 4 is 11.8 Å². The Bertz CT molecular complexity index is 1320. The molecular formula is C26H27F5N4O7. The summed E-state index contributed by atoms with van der Waals surface area (Å²) in [6, 6.07) is 10.9. The third-order valence-corrected chi connectivity index (χ3v) is 6.32. The van der Waals surface area contributed by atoms with Crippen molar-refractivity contribution < 1.29 is 55.2 Å². The van der Waals surface area contributed by atoms with Crippen LogP contribution in [-0.4, -0.2) is 92.1 Å². The lowest BCUT2D eigenvalue weighted by molar-refractivity contribution is -0.360. The molecule has 11 nitrogen and oxygen atoms in total. The third kappa shape index (κ3) is 7.13. The number of carbonyl (C=O) groups is 1. The molecule has 1 saturated heterocycles. The molecule has 1 aliphatic rings. The molecule has 1 aliphatic heterocycles. The topological polar surface area (TPSA) is 115 Å². The molecule has 0 aliphatic carbocycles. The highest BCUT2D eigenvalue weighted by atomic mass is 19.4. The first kappa shape index (κ1) is 31.1. The first-order chi connectivity index (χ1) is 20.0. The Morgan fingerprint density at radius 1 is 0.976 bits per heavy atom. The highest BCUT2D eigenvalue weighted by Crippen LogP contribution is 2.37. The second kappa shape index (κ2) is 13.0. The number of rotatable bonds is 10. The van der Waals surface area contributed by atoms with Crippen molar-refractivity contribution in [2.75, 3.05) is 39.9 Å². The van der Waals surface area contributed by atoms with Crippen LogP contribution in [0.4, 0.5) is 32.4 Å². The molecular weight excluding hydrogens is 575 g/mol. The fraction of sp³-hybridized carbons (Fsp3) is 0.423. The SMILES string of the molecule is CO[C@@H]1[C@@H](OC)COC(COC(=O)Nc2ccc(-c3ncn(-c4ccc(OC(F)(F)C(F)(F)F)cc4)n3)cc2)[C@H]1OC. The zero-order chi connectivity index (χ0) is 30.5. The number of amides is 1. The average Bonchev–Trinajstić information content (AvgIpc) is 3.46. The third-order valence-electron chi connectivity index (χ3n) is 6.32. The van der Waals surface area contributed by atoms with Gasteiger partial charge in [0.15, 0.2) is 5.82 Å². The van der Waals surface area contributed by atoms with Gasteiger partial charge in [-0.3, -0.25) is 5.32 Å². The molecule has 228 valence electrons. The number of carbonyl (C=O) groups excluding carboxylic acids is 1. The Hall–Kier alpha value is -3.86. The van der Waals surface area contributed by atoms with E-state index in [2.05, 4.69) is 20.1 Å². The Morgan fingerprint density at radius 3 is 2.24 bits per heavy atom. The Labute approximate surface area is 236 Å². The van der Waals surface area contributed by atoms with Crippen molar-refractivity contribution in [2.24, 2.45) is 0 Å². The number of benzene rings is 2. The molecule has 4 atom stereocenters. The highest BCUT2D eigenvalue weighted by molar-refractivity contribution is 5.85. The van der Waals surface area contributed by atoms with Gasteiger partial charge in [-0.25, -0.2) is 14.5 Å². The van der Waals surface area contributed by atoms with Gasteiger partial charge >= 0.3 is 18.4 Å². The van der Waals surface area contributed by atoms with Gasteiger partial charge in [-0.05, 0) is 48.5 Å². The van der Waals surface area contributed by atoms with Crippen LogP contribution >= 0.6 is 0 Å². The van der Waals surface area contributed by atoms with E-state index < -0.39 is 42.4 Å². The molecule has 1 amide bonds. The summed E-state index contributed by atoms with van der Waals surface area (Å²) in [6.07, 6.45) is -12.4. The molecule has 0 saturated carbocycles. The number of hydrogen-bond acceptors (Lipinski definition) is 9. The van der Waals surface area contributed by atoms with Crippen molar-refractivity contribution in [1.82, 2.24) is 14.8 Å². The normalized spacial score (nSPS) is 21.1. The number of nitrogens with zero attached hydrogens (tertiary/aromatic N) is 3. The van der Waals surface area contributed by atoms with Gasteiger partial charge in [0.05, 0.1) is 12.3 Å². The van der Waals surface area contributed by atoms with Gasteiger partial charge in [0, 0.05) is 32.6 Å². The number of ether oxygens (including phenoxy) is 6. The summed E-state index contributed by atoms with van der Waals surface area (Å²) in [6.45, 7) is 0.161. The smallest absolute Gasteiger partial charge is 0.446 e. The molecule has 42 heavy (non-hydrogen) atoms. The van der Waals surface area contributed by atoms with Gasteiger partial charge in [0.25, 0.3) is 0 Å². The first-order valence-electron chi connectivity index (χ1n) is 12.4. The quantitative estimate of drug-likeness (QED) is 0.336. The number of halogens is 5.